The molecule has 2 bridgehead atoms. The summed E-state index contributed by atoms with van der Waals surface area (Å²) in [5.74, 6) is 2.43. The summed E-state index contributed by atoms with van der Waals surface area (Å²) >= 11 is 7.73. The van der Waals surface area contributed by atoms with Crippen molar-refractivity contribution in [2.24, 2.45) is 17.8 Å². The van der Waals surface area contributed by atoms with Gasteiger partial charge in [0.1, 0.15) is 0 Å². The normalized spacial score (nSPS) is 26.2. The van der Waals surface area contributed by atoms with E-state index in [2.05, 4.69) is 14.9 Å². The summed E-state index contributed by atoms with van der Waals surface area (Å²) in [6, 6.07) is 1.98. The molecule has 5 nitrogen and oxygen atoms in total. The number of carbonyl (C=O) groups excluding carboxylic acids is 1. The first kappa shape index (κ1) is 15.1. The van der Waals surface area contributed by atoms with Crippen LogP contribution in [0.15, 0.2) is 11.4 Å². The lowest BCUT2D eigenvalue weighted by molar-refractivity contribution is -0.147. The summed E-state index contributed by atoms with van der Waals surface area (Å²) in [6.45, 7) is 4.18. The third-order valence-corrected chi connectivity index (χ3v) is 6.06. The van der Waals surface area contributed by atoms with Gasteiger partial charge in [-0.15, -0.1) is 11.3 Å². The quantitative estimate of drug-likeness (QED) is 0.624. The fourth-order valence-electron chi connectivity index (χ4n) is 3.94. The molecule has 2 aromatic rings. The Labute approximate surface area is 143 Å². The van der Waals surface area contributed by atoms with Crippen LogP contribution in [0.2, 0.25) is 5.28 Å². The number of thiophene rings is 1. The van der Waals surface area contributed by atoms with E-state index in [0.29, 0.717) is 36.1 Å². The van der Waals surface area contributed by atoms with Crippen molar-refractivity contribution >= 4 is 44.9 Å². The maximum absolute atomic E-state index is 11.7. The van der Waals surface area contributed by atoms with Gasteiger partial charge in [0.2, 0.25) is 5.28 Å². The van der Waals surface area contributed by atoms with E-state index < -0.39 is 0 Å². The highest BCUT2D eigenvalue weighted by molar-refractivity contribution is 7.17. The standard InChI is InChI=1S/C16H18ClN3O2S/c1-2-22-13(21)6-11-9-5-10(11)8-20(7-9)15-14-12(3-4-23-14)18-16(17)19-15/h3-4,9-11H,2,5-8H2,1H3. The third kappa shape index (κ3) is 2.68. The number of aromatic nitrogens is 2. The number of hydrogen-bond acceptors (Lipinski definition) is 6. The highest BCUT2D eigenvalue weighted by atomic mass is 35.5. The van der Waals surface area contributed by atoms with Gasteiger partial charge in [0.25, 0.3) is 0 Å². The van der Waals surface area contributed by atoms with Gasteiger partial charge in [-0.3, -0.25) is 4.79 Å². The average molecular weight is 352 g/mol. The van der Waals surface area contributed by atoms with E-state index in [-0.39, 0.29) is 5.97 Å². The van der Waals surface area contributed by atoms with Crippen molar-refractivity contribution in [3.63, 3.8) is 0 Å². The van der Waals surface area contributed by atoms with Gasteiger partial charge < -0.3 is 9.64 Å². The van der Waals surface area contributed by atoms with Crippen LogP contribution in [0, 0.1) is 17.8 Å². The Balaban J connectivity index is 1.51. The molecule has 1 saturated carbocycles. The van der Waals surface area contributed by atoms with Crippen molar-refractivity contribution in [2.45, 2.75) is 19.8 Å². The molecule has 7 heteroatoms. The first-order valence-corrected chi connectivity index (χ1v) is 9.22. The van der Waals surface area contributed by atoms with E-state index in [1.807, 2.05) is 18.4 Å². The second kappa shape index (κ2) is 5.91. The molecule has 0 spiro atoms. The predicted molar refractivity (Wildman–Crippen MR) is 91.0 cm³/mol. The first-order chi connectivity index (χ1) is 11.2. The van der Waals surface area contributed by atoms with Crippen LogP contribution in [-0.2, 0) is 9.53 Å². The van der Waals surface area contributed by atoms with Crippen molar-refractivity contribution in [1.82, 2.24) is 9.97 Å². The molecule has 4 heterocycles. The Hall–Kier alpha value is -1.40. The first-order valence-electron chi connectivity index (χ1n) is 7.97. The lowest BCUT2D eigenvalue weighted by Crippen LogP contribution is -2.56. The van der Waals surface area contributed by atoms with Crippen molar-refractivity contribution in [3.8, 4) is 0 Å². The number of carbonyl (C=O) groups is 1. The summed E-state index contributed by atoms with van der Waals surface area (Å²) < 4.78 is 6.19. The van der Waals surface area contributed by atoms with Crippen LogP contribution in [0.3, 0.4) is 0 Å². The van der Waals surface area contributed by atoms with E-state index in [4.69, 9.17) is 16.3 Å². The zero-order chi connectivity index (χ0) is 16.0. The number of anilines is 1. The smallest absolute Gasteiger partial charge is 0.306 e. The van der Waals surface area contributed by atoms with Crippen LogP contribution in [-0.4, -0.2) is 35.6 Å². The number of nitrogens with zero attached hydrogens (tertiary/aromatic N) is 3. The van der Waals surface area contributed by atoms with Crippen LogP contribution in [0.5, 0.6) is 0 Å². The van der Waals surface area contributed by atoms with E-state index in [1.54, 1.807) is 11.3 Å². The zero-order valence-electron chi connectivity index (χ0n) is 12.9. The number of esters is 1. The molecule has 122 valence electrons. The molecule has 2 aliphatic heterocycles. The van der Waals surface area contributed by atoms with Crippen molar-refractivity contribution in [2.75, 3.05) is 24.6 Å². The van der Waals surface area contributed by atoms with Crippen LogP contribution in [0.25, 0.3) is 10.2 Å². The minimum atomic E-state index is -0.0635. The molecular weight excluding hydrogens is 334 g/mol. The van der Waals surface area contributed by atoms with Gasteiger partial charge in [0.15, 0.2) is 5.82 Å². The molecule has 1 aliphatic carbocycles. The van der Waals surface area contributed by atoms with Crippen molar-refractivity contribution < 1.29 is 9.53 Å². The van der Waals surface area contributed by atoms with Gasteiger partial charge in [0, 0.05) is 19.5 Å². The summed E-state index contributed by atoms with van der Waals surface area (Å²) in [5.41, 5.74) is 0.910. The Morgan fingerprint density at radius 1 is 1.43 bits per heavy atom. The minimum absolute atomic E-state index is 0.0635. The molecule has 2 saturated heterocycles. The second-order valence-corrected chi connectivity index (χ2v) is 7.54. The van der Waals surface area contributed by atoms with Gasteiger partial charge >= 0.3 is 5.97 Å². The molecule has 2 aromatic heterocycles. The molecule has 0 radical (unpaired) electrons. The lowest BCUT2D eigenvalue weighted by Gasteiger charge is -2.53. The fraction of sp³-hybridized carbons (Fsp3) is 0.562. The van der Waals surface area contributed by atoms with Crippen LogP contribution >= 0.6 is 22.9 Å². The van der Waals surface area contributed by atoms with Crippen molar-refractivity contribution in [1.29, 1.82) is 0 Å². The predicted octanol–water partition coefficient (Wildman–Crippen LogP) is 3.37. The molecular formula is C16H18ClN3O2S. The van der Waals surface area contributed by atoms with Gasteiger partial charge in [-0.2, -0.15) is 4.98 Å². The maximum Gasteiger partial charge on any atom is 0.306 e. The molecule has 0 amide bonds. The van der Waals surface area contributed by atoms with Gasteiger partial charge in [-0.05, 0) is 54.1 Å². The van der Waals surface area contributed by atoms with Crippen LogP contribution in [0.4, 0.5) is 5.82 Å². The highest BCUT2D eigenvalue weighted by Crippen LogP contribution is 2.49. The van der Waals surface area contributed by atoms with Gasteiger partial charge in [-0.25, -0.2) is 4.98 Å². The number of ether oxygens (including phenoxy) is 1. The monoisotopic (exact) mass is 351 g/mol. The molecule has 5 rings (SSSR count). The van der Waals surface area contributed by atoms with Gasteiger partial charge in [-0.1, -0.05) is 0 Å². The van der Waals surface area contributed by atoms with Crippen LogP contribution in [0.1, 0.15) is 19.8 Å². The van der Waals surface area contributed by atoms with E-state index >= 15 is 0 Å². The summed E-state index contributed by atoms with van der Waals surface area (Å²) in [7, 11) is 0. The molecule has 3 aliphatic rings. The molecule has 2 unspecified atom stereocenters. The average Bonchev–Trinajstić information content (AvgIpc) is 3.00. The third-order valence-electron chi connectivity index (χ3n) is 4.99. The molecule has 23 heavy (non-hydrogen) atoms. The number of fused-ring (bicyclic) bond motifs is 3. The lowest BCUT2D eigenvalue weighted by atomic mass is 9.60. The summed E-state index contributed by atoms with van der Waals surface area (Å²) in [5, 5.41) is 2.32. The number of piperidine rings is 2. The Morgan fingerprint density at radius 3 is 2.96 bits per heavy atom. The van der Waals surface area contributed by atoms with E-state index in [0.717, 1.165) is 29.1 Å². The van der Waals surface area contributed by atoms with Crippen molar-refractivity contribution in [3.05, 3.63) is 16.7 Å². The van der Waals surface area contributed by atoms with E-state index in [1.165, 1.54) is 6.42 Å². The Morgan fingerprint density at radius 2 is 2.22 bits per heavy atom. The summed E-state index contributed by atoms with van der Waals surface area (Å²) in [6.07, 6.45) is 1.75. The number of halogens is 1. The molecule has 0 N–H and O–H groups in total. The summed E-state index contributed by atoms with van der Waals surface area (Å²) in [4.78, 5) is 22.8. The van der Waals surface area contributed by atoms with Gasteiger partial charge in [0.05, 0.1) is 16.8 Å². The molecule has 0 aromatic carbocycles. The number of rotatable bonds is 4. The highest BCUT2D eigenvalue weighted by Gasteiger charge is 2.48. The minimum Gasteiger partial charge on any atom is -0.466 e. The Kier molecular flexibility index (Phi) is 3.89. The fourth-order valence-corrected chi connectivity index (χ4v) is 4.96. The topological polar surface area (TPSA) is 55.3 Å². The second-order valence-electron chi connectivity index (χ2n) is 6.29. The SMILES string of the molecule is CCOC(=O)CC1C2CC1CN(c1nc(Cl)nc3ccsc13)C2. The van der Waals surface area contributed by atoms with E-state index in [9.17, 15) is 4.79 Å². The van der Waals surface area contributed by atoms with Crippen LogP contribution < -0.4 is 4.90 Å². The molecule has 2 atom stereocenters. The molecule has 3 fully saturated rings. The zero-order valence-corrected chi connectivity index (χ0v) is 14.4. The largest absolute Gasteiger partial charge is 0.466 e. The maximum atomic E-state index is 11.7. The number of hydrogen-bond donors (Lipinski definition) is 0. The Bertz CT molecular complexity index is 738.